The summed E-state index contributed by atoms with van der Waals surface area (Å²) in [5, 5.41) is 0. The van der Waals surface area contributed by atoms with E-state index in [1.165, 1.54) is 38.6 Å². The summed E-state index contributed by atoms with van der Waals surface area (Å²) in [6.07, 6.45) is 6.78. The maximum atomic E-state index is 6.15. The number of likely N-dealkylation sites (tertiary alicyclic amines) is 1. The van der Waals surface area contributed by atoms with Gasteiger partial charge in [-0.25, -0.2) is 0 Å². The predicted molar refractivity (Wildman–Crippen MR) is 69.4 cm³/mol. The van der Waals surface area contributed by atoms with Crippen LogP contribution in [-0.2, 0) is 0 Å². The second-order valence-electron chi connectivity index (χ2n) is 6.97. The highest BCUT2D eigenvalue weighted by Gasteiger charge is 2.34. The quantitative estimate of drug-likeness (QED) is 0.742. The third kappa shape index (κ3) is 2.98. The van der Waals surface area contributed by atoms with Gasteiger partial charge in [0.15, 0.2) is 0 Å². The lowest BCUT2D eigenvalue weighted by molar-refractivity contribution is 0.0554. The van der Waals surface area contributed by atoms with Crippen molar-refractivity contribution >= 4 is 0 Å². The van der Waals surface area contributed by atoms with Crippen molar-refractivity contribution in [3.63, 3.8) is 0 Å². The summed E-state index contributed by atoms with van der Waals surface area (Å²) < 4.78 is 0. The van der Waals surface area contributed by atoms with Gasteiger partial charge in [0.05, 0.1) is 0 Å². The van der Waals surface area contributed by atoms with Crippen molar-refractivity contribution in [2.24, 2.45) is 17.1 Å². The molecule has 3 atom stereocenters. The highest BCUT2D eigenvalue weighted by Crippen LogP contribution is 2.38. The molecular weight excluding hydrogens is 196 g/mol. The molecule has 1 saturated carbocycles. The van der Waals surface area contributed by atoms with Gasteiger partial charge >= 0.3 is 0 Å². The molecule has 2 rings (SSSR count). The fourth-order valence-corrected chi connectivity index (χ4v) is 3.71. The summed E-state index contributed by atoms with van der Waals surface area (Å²) in [5.41, 5.74) is 6.70. The van der Waals surface area contributed by atoms with E-state index in [0.29, 0.717) is 11.5 Å². The fraction of sp³-hybridized carbons (Fsp3) is 1.00. The van der Waals surface area contributed by atoms with E-state index in [1.54, 1.807) is 0 Å². The molecule has 0 aromatic carbocycles. The zero-order valence-electron chi connectivity index (χ0n) is 11.2. The van der Waals surface area contributed by atoms with Gasteiger partial charge in [-0.2, -0.15) is 0 Å². The summed E-state index contributed by atoms with van der Waals surface area (Å²) in [6, 6.07) is 1.21. The van der Waals surface area contributed by atoms with Crippen LogP contribution in [0.2, 0.25) is 0 Å². The molecule has 94 valence electrons. The first kappa shape index (κ1) is 12.4. The molecule has 0 bridgehead atoms. The van der Waals surface area contributed by atoms with Crippen molar-refractivity contribution in [3.05, 3.63) is 0 Å². The van der Waals surface area contributed by atoms with Gasteiger partial charge < -0.3 is 5.73 Å². The minimum absolute atomic E-state index is 0.411. The van der Waals surface area contributed by atoms with Gasteiger partial charge in [0.25, 0.3) is 0 Å². The van der Waals surface area contributed by atoms with Gasteiger partial charge in [-0.1, -0.05) is 27.2 Å². The summed E-state index contributed by atoms with van der Waals surface area (Å²) in [4.78, 5) is 2.68. The first-order chi connectivity index (χ1) is 7.46. The zero-order valence-corrected chi connectivity index (χ0v) is 11.2. The molecule has 1 heterocycles. The number of hydrogen-bond donors (Lipinski definition) is 1. The highest BCUT2D eigenvalue weighted by atomic mass is 15.2. The first-order valence-electron chi connectivity index (χ1n) is 6.96. The Morgan fingerprint density at radius 2 is 2.00 bits per heavy atom. The third-order valence-electron chi connectivity index (χ3n) is 4.42. The lowest BCUT2D eigenvalue weighted by atomic mass is 9.74. The molecule has 0 spiro atoms. The average molecular weight is 224 g/mol. The Morgan fingerprint density at radius 3 is 2.62 bits per heavy atom. The topological polar surface area (TPSA) is 29.3 Å². The highest BCUT2D eigenvalue weighted by molar-refractivity contribution is 4.89. The van der Waals surface area contributed by atoms with Crippen molar-refractivity contribution < 1.29 is 0 Å². The molecular formula is C14H28N2. The summed E-state index contributed by atoms with van der Waals surface area (Å²) >= 11 is 0. The van der Waals surface area contributed by atoms with Crippen LogP contribution in [0.4, 0.5) is 0 Å². The van der Waals surface area contributed by atoms with E-state index >= 15 is 0 Å². The fourth-order valence-electron chi connectivity index (χ4n) is 3.71. The van der Waals surface area contributed by atoms with Gasteiger partial charge in [0.1, 0.15) is 0 Å². The number of piperidine rings is 1. The SMILES string of the molecule is CC1CC(N)CN(C2CCCC(C)(C)C2)C1. The van der Waals surface area contributed by atoms with Crippen LogP contribution in [0.25, 0.3) is 0 Å². The molecule has 0 aromatic heterocycles. The van der Waals surface area contributed by atoms with E-state index in [1.807, 2.05) is 0 Å². The van der Waals surface area contributed by atoms with E-state index in [4.69, 9.17) is 5.73 Å². The zero-order chi connectivity index (χ0) is 11.8. The van der Waals surface area contributed by atoms with E-state index in [0.717, 1.165) is 18.5 Å². The Bertz CT molecular complexity index is 227. The van der Waals surface area contributed by atoms with E-state index in [9.17, 15) is 0 Å². The van der Waals surface area contributed by atoms with E-state index in [2.05, 4.69) is 25.7 Å². The molecule has 0 radical (unpaired) electrons. The Balaban J connectivity index is 1.96. The van der Waals surface area contributed by atoms with Crippen molar-refractivity contribution in [1.29, 1.82) is 0 Å². The number of hydrogen-bond acceptors (Lipinski definition) is 2. The lowest BCUT2D eigenvalue weighted by Crippen LogP contribution is -2.52. The van der Waals surface area contributed by atoms with Crippen molar-refractivity contribution in [2.75, 3.05) is 13.1 Å². The van der Waals surface area contributed by atoms with Crippen LogP contribution < -0.4 is 5.73 Å². The monoisotopic (exact) mass is 224 g/mol. The third-order valence-corrected chi connectivity index (χ3v) is 4.42. The minimum atomic E-state index is 0.411. The maximum absolute atomic E-state index is 6.15. The Morgan fingerprint density at radius 1 is 1.25 bits per heavy atom. The molecule has 2 nitrogen and oxygen atoms in total. The maximum Gasteiger partial charge on any atom is 0.0170 e. The number of nitrogens with zero attached hydrogens (tertiary/aromatic N) is 1. The van der Waals surface area contributed by atoms with Crippen molar-refractivity contribution in [1.82, 2.24) is 4.90 Å². The van der Waals surface area contributed by atoms with Crippen molar-refractivity contribution in [2.45, 2.75) is 65.0 Å². The second kappa shape index (κ2) is 4.66. The second-order valence-corrected chi connectivity index (χ2v) is 6.97. The Kier molecular flexibility index (Phi) is 3.60. The molecule has 0 amide bonds. The van der Waals surface area contributed by atoms with Crippen LogP contribution in [0.1, 0.15) is 52.9 Å². The largest absolute Gasteiger partial charge is 0.327 e. The molecule has 2 aliphatic rings. The Labute approximate surface area is 101 Å². The van der Waals surface area contributed by atoms with E-state index in [-0.39, 0.29) is 0 Å². The van der Waals surface area contributed by atoms with Crippen LogP contribution in [0.5, 0.6) is 0 Å². The van der Waals surface area contributed by atoms with Gasteiger partial charge in [-0.15, -0.1) is 0 Å². The molecule has 16 heavy (non-hydrogen) atoms. The molecule has 0 aromatic rings. The van der Waals surface area contributed by atoms with Crippen LogP contribution in [-0.4, -0.2) is 30.1 Å². The molecule has 1 aliphatic carbocycles. The van der Waals surface area contributed by atoms with Crippen LogP contribution in [0.15, 0.2) is 0 Å². The first-order valence-corrected chi connectivity index (χ1v) is 6.96. The van der Waals surface area contributed by atoms with E-state index < -0.39 is 0 Å². The number of rotatable bonds is 1. The standard InChI is InChI=1S/C14H28N2/c1-11-7-12(15)10-16(9-11)13-5-4-6-14(2,3)8-13/h11-13H,4-10,15H2,1-3H3. The van der Waals surface area contributed by atoms with Gasteiger partial charge in [0.2, 0.25) is 0 Å². The number of nitrogens with two attached hydrogens (primary N) is 1. The molecule has 3 unspecified atom stereocenters. The normalized spacial score (nSPS) is 40.9. The van der Waals surface area contributed by atoms with Crippen LogP contribution in [0, 0.1) is 11.3 Å². The van der Waals surface area contributed by atoms with Crippen LogP contribution in [0.3, 0.4) is 0 Å². The molecule has 2 heteroatoms. The van der Waals surface area contributed by atoms with Crippen molar-refractivity contribution in [3.8, 4) is 0 Å². The van der Waals surface area contributed by atoms with Gasteiger partial charge in [-0.3, -0.25) is 4.90 Å². The summed E-state index contributed by atoms with van der Waals surface area (Å²) in [6.45, 7) is 9.60. The molecule has 1 saturated heterocycles. The summed E-state index contributed by atoms with van der Waals surface area (Å²) in [5.74, 6) is 0.786. The summed E-state index contributed by atoms with van der Waals surface area (Å²) in [7, 11) is 0. The Hall–Kier alpha value is -0.0800. The predicted octanol–water partition coefficient (Wildman–Crippen LogP) is 2.62. The molecule has 2 fully saturated rings. The van der Waals surface area contributed by atoms with Gasteiger partial charge in [0, 0.05) is 25.2 Å². The molecule has 2 N–H and O–H groups in total. The van der Waals surface area contributed by atoms with Crippen LogP contribution >= 0.6 is 0 Å². The minimum Gasteiger partial charge on any atom is -0.327 e. The lowest BCUT2D eigenvalue weighted by Gasteiger charge is -2.45. The average Bonchev–Trinajstić information content (AvgIpc) is 2.14. The molecule has 1 aliphatic heterocycles. The smallest absolute Gasteiger partial charge is 0.0170 e. The van der Waals surface area contributed by atoms with Gasteiger partial charge in [-0.05, 0) is 37.0 Å².